The summed E-state index contributed by atoms with van der Waals surface area (Å²) < 4.78 is 60.1. The van der Waals surface area contributed by atoms with Crippen LogP contribution in [-0.2, 0) is 16.7 Å². The number of benzene rings is 1. The van der Waals surface area contributed by atoms with Crippen LogP contribution in [-0.4, -0.2) is 28.6 Å². The van der Waals surface area contributed by atoms with Gasteiger partial charge in [-0.2, -0.15) is 18.4 Å². The topological polar surface area (TPSA) is 101 Å². The Morgan fingerprint density at radius 2 is 2.00 bits per heavy atom. The van der Waals surface area contributed by atoms with E-state index in [9.17, 15) is 22.4 Å². The van der Waals surface area contributed by atoms with Gasteiger partial charge in [-0.05, 0) is 43.7 Å². The minimum Gasteiger partial charge on any atom is -0.449 e. The normalized spacial score (nSPS) is 23.5. The Morgan fingerprint density at radius 1 is 1.29 bits per heavy atom. The van der Waals surface area contributed by atoms with Crippen molar-refractivity contribution >= 4 is 11.8 Å². The van der Waals surface area contributed by atoms with Crippen molar-refractivity contribution < 1.29 is 27.1 Å². The molecule has 1 aromatic carbocycles. The van der Waals surface area contributed by atoms with Gasteiger partial charge in [0, 0.05) is 24.6 Å². The number of nitriles is 1. The number of aromatic nitrogens is 1. The van der Waals surface area contributed by atoms with Gasteiger partial charge in [-0.15, -0.1) is 0 Å². The average molecular weight is 434 g/mol. The molecule has 1 aliphatic heterocycles. The maximum absolute atomic E-state index is 14.7. The number of carbonyl (C=O) groups is 1. The van der Waals surface area contributed by atoms with Crippen LogP contribution in [0.5, 0.6) is 0 Å². The first kappa shape index (κ1) is 22.2. The molecule has 0 saturated carbocycles. The minimum absolute atomic E-state index is 0.106. The Balaban J connectivity index is 1.94. The molecule has 0 radical (unpaired) electrons. The van der Waals surface area contributed by atoms with Crippen LogP contribution in [0.25, 0.3) is 0 Å². The molecule has 0 bridgehead atoms. The fourth-order valence-corrected chi connectivity index (χ4v) is 3.54. The predicted molar refractivity (Wildman–Crippen MR) is 103 cm³/mol. The summed E-state index contributed by atoms with van der Waals surface area (Å²) in [4.78, 5) is 20.4. The van der Waals surface area contributed by atoms with Gasteiger partial charge in [0.05, 0.1) is 11.1 Å². The lowest BCUT2D eigenvalue weighted by atomic mass is 9.79. The lowest BCUT2D eigenvalue weighted by Gasteiger charge is -2.42. The number of amidine groups is 1. The molecule has 10 heteroatoms. The maximum Gasteiger partial charge on any atom is 0.428 e. The molecule has 2 heterocycles. The fourth-order valence-electron chi connectivity index (χ4n) is 3.54. The van der Waals surface area contributed by atoms with Crippen LogP contribution in [0.2, 0.25) is 0 Å². The van der Waals surface area contributed by atoms with Crippen LogP contribution in [0.4, 0.5) is 17.6 Å². The van der Waals surface area contributed by atoms with Crippen LogP contribution in [0.15, 0.2) is 41.5 Å². The molecule has 162 valence electrons. The molecule has 0 saturated heterocycles. The average Bonchev–Trinajstić information content (AvgIpc) is 2.67. The zero-order chi connectivity index (χ0) is 23.0. The lowest BCUT2D eigenvalue weighted by molar-refractivity contribution is -0.257. The Kier molecular flexibility index (Phi) is 5.48. The number of alkyl halides is 3. The molecule has 31 heavy (non-hydrogen) atoms. The number of halogens is 4. The molecule has 6 nitrogen and oxygen atoms in total. The van der Waals surface area contributed by atoms with E-state index in [-0.39, 0.29) is 23.2 Å². The second-order valence-corrected chi connectivity index (χ2v) is 7.69. The first-order valence-corrected chi connectivity index (χ1v) is 9.16. The van der Waals surface area contributed by atoms with Gasteiger partial charge >= 0.3 is 6.18 Å². The van der Waals surface area contributed by atoms with Gasteiger partial charge in [-0.1, -0.05) is 6.07 Å². The van der Waals surface area contributed by atoms with Crippen molar-refractivity contribution in [3.63, 3.8) is 0 Å². The highest BCUT2D eigenvalue weighted by molar-refractivity contribution is 5.95. The van der Waals surface area contributed by atoms with E-state index in [4.69, 9.17) is 15.7 Å². The Hall–Kier alpha value is -3.48. The highest BCUT2D eigenvalue weighted by atomic mass is 19.4. The molecule has 2 atom stereocenters. The van der Waals surface area contributed by atoms with Crippen molar-refractivity contribution in [1.82, 2.24) is 4.98 Å². The van der Waals surface area contributed by atoms with E-state index in [1.807, 2.05) is 6.07 Å². The number of nitrogens with zero attached hydrogens (tertiary/aromatic N) is 3. The summed E-state index contributed by atoms with van der Waals surface area (Å²) in [6.07, 6.45) is -4.38. The number of Topliss-reactive ketones (excluding diaryl/α,β-unsaturated/α-hetero) is 1. The van der Waals surface area contributed by atoms with Gasteiger partial charge < -0.3 is 10.5 Å². The number of aliphatic imine (C=N–C) groups is 1. The summed E-state index contributed by atoms with van der Waals surface area (Å²) in [6, 6.07) is 7.76. The predicted octanol–water partition coefficient (Wildman–Crippen LogP) is 3.79. The quantitative estimate of drug-likeness (QED) is 0.583. The molecular weight excluding hydrogens is 416 g/mol. The minimum atomic E-state index is -4.76. The van der Waals surface area contributed by atoms with E-state index in [1.54, 1.807) is 0 Å². The molecule has 1 aromatic heterocycles. The highest BCUT2D eigenvalue weighted by Crippen LogP contribution is 2.47. The number of pyridine rings is 1. The molecule has 3 rings (SSSR count). The third-order valence-electron chi connectivity index (χ3n) is 5.12. The maximum atomic E-state index is 14.7. The van der Waals surface area contributed by atoms with Crippen LogP contribution in [0.3, 0.4) is 0 Å². The lowest BCUT2D eigenvalue weighted by Crippen LogP contribution is -2.55. The van der Waals surface area contributed by atoms with Gasteiger partial charge in [-0.25, -0.2) is 9.38 Å². The van der Waals surface area contributed by atoms with E-state index >= 15 is 0 Å². The number of carbonyl (C=O) groups excluding carboxylic acids is 1. The van der Waals surface area contributed by atoms with E-state index in [0.29, 0.717) is 5.56 Å². The second kappa shape index (κ2) is 7.65. The van der Waals surface area contributed by atoms with Crippen molar-refractivity contribution in [1.29, 1.82) is 5.26 Å². The summed E-state index contributed by atoms with van der Waals surface area (Å²) in [5.41, 5.74) is 1.82. The highest BCUT2D eigenvalue weighted by Gasteiger charge is 2.59. The Labute approximate surface area is 175 Å². The second-order valence-electron chi connectivity index (χ2n) is 7.69. The third kappa shape index (κ3) is 4.35. The van der Waals surface area contributed by atoms with Gasteiger partial charge in [-0.3, -0.25) is 9.78 Å². The number of hydrogen-bond donors (Lipinski definition) is 1. The number of ketones is 1. The largest absolute Gasteiger partial charge is 0.449 e. The molecular formula is C21H18F4N4O2. The van der Waals surface area contributed by atoms with Gasteiger partial charge in [0.2, 0.25) is 5.60 Å². The molecule has 0 fully saturated rings. The van der Waals surface area contributed by atoms with Crippen LogP contribution in [0.1, 0.15) is 47.4 Å². The van der Waals surface area contributed by atoms with Crippen molar-refractivity contribution in [2.45, 2.75) is 44.0 Å². The monoisotopic (exact) mass is 434 g/mol. The summed E-state index contributed by atoms with van der Waals surface area (Å²) >= 11 is 0. The Morgan fingerprint density at radius 3 is 2.58 bits per heavy atom. The first-order chi connectivity index (χ1) is 14.4. The molecule has 0 spiro atoms. The Bertz CT molecular complexity index is 1090. The SMILES string of the molecule is C[C@@]1(c2cc(CC(=O)c3ccc(C#N)cn3)ccc2F)C[C@@](C)(C(F)(F)F)OC(N)=N1. The molecule has 1 aliphatic rings. The smallest absolute Gasteiger partial charge is 0.428 e. The number of nitrogens with two attached hydrogens (primary N) is 1. The van der Waals surface area contributed by atoms with Gasteiger partial charge in [0.1, 0.15) is 17.6 Å². The van der Waals surface area contributed by atoms with E-state index < -0.39 is 41.4 Å². The standard InChI is InChI=1S/C21H18F4N4O2/c1-19(11-20(2,21(23,24)25)31-18(27)29-19)14-7-12(3-5-15(14)22)8-17(30)16-6-4-13(9-26)10-28-16/h3-7,10H,8,11H2,1-2H3,(H2,27,29)/t19-,20-/m0/s1. The molecule has 2 aromatic rings. The van der Waals surface area contributed by atoms with E-state index in [0.717, 1.165) is 13.0 Å². The van der Waals surface area contributed by atoms with Gasteiger partial charge in [0.25, 0.3) is 6.02 Å². The first-order valence-electron chi connectivity index (χ1n) is 9.16. The summed E-state index contributed by atoms with van der Waals surface area (Å²) in [6.45, 7) is 2.16. The summed E-state index contributed by atoms with van der Waals surface area (Å²) in [5.74, 6) is -1.18. The van der Waals surface area contributed by atoms with Crippen molar-refractivity contribution in [2.24, 2.45) is 10.7 Å². The van der Waals surface area contributed by atoms with E-state index in [2.05, 4.69) is 9.98 Å². The van der Waals surface area contributed by atoms with Crippen LogP contribution in [0, 0.1) is 17.1 Å². The van der Waals surface area contributed by atoms with Crippen LogP contribution >= 0.6 is 0 Å². The van der Waals surface area contributed by atoms with Gasteiger partial charge in [0.15, 0.2) is 5.78 Å². The number of hydrogen-bond acceptors (Lipinski definition) is 6. The summed E-state index contributed by atoms with van der Waals surface area (Å²) in [5, 5.41) is 8.80. The van der Waals surface area contributed by atoms with E-state index in [1.165, 1.54) is 37.4 Å². The number of rotatable bonds is 4. The van der Waals surface area contributed by atoms with Crippen molar-refractivity contribution in [2.75, 3.05) is 0 Å². The van der Waals surface area contributed by atoms with Crippen LogP contribution < -0.4 is 5.73 Å². The molecule has 2 N–H and O–H groups in total. The van der Waals surface area contributed by atoms with Crippen molar-refractivity contribution in [3.8, 4) is 6.07 Å². The zero-order valence-corrected chi connectivity index (χ0v) is 16.6. The zero-order valence-electron chi connectivity index (χ0n) is 16.6. The number of ether oxygens (including phenoxy) is 1. The molecule has 0 aliphatic carbocycles. The fraction of sp³-hybridized carbons (Fsp3) is 0.333. The molecule has 0 amide bonds. The molecule has 0 unspecified atom stereocenters. The van der Waals surface area contributed by atoms with Crippen molar-refractivity contribution in [3.05, 3.63) is 64.7 Å². The third-order valence-corrected chi connectivity index (χ3v) is 5.12. The summed E-state index contributed by atoms with van der Waals surface area (Å²) in [7, 11) is 0.